The third-order valence-corrected chi connectivity index (χ3v) is 4.27. The van der Waals surface area contributed by atoms with Crippen molar-refractivity contribution in [2.75, 3.05) is 5.32 Å². The van der Waals surface area contributed by atoms with E-state index in [1.54, 1.807) is 18.2 Å². The average Bonchev–Trinajstić information content (AvgIpc) is 2.50. The quantitative estimate of drug-likeness (QED) is 0.711. The van der Waals surface area contributed by atoms with Crippen LogP contribution in [-0.4, -0.2) is 5.91 Å². The maximum atomic E-state index is 12.4. The number of amides is 1. The van der Waals surface area contributed by atoms with Gasteiger partial charge >= 0.3 is 0 Å². The van der Waals surface area contributed by atoms with Crippen molar-refractivity contribution in [3.63, 3.8) is 0 Å². The highest BCUT2D eigenvalue weighted by Crippen LogP contribution is 2.27. The van der Waals surface area contributed by atoms with Gasteiger partial charge in [0.05, 0.1) is 16.6 Å². The molecular formula is C19H21Cl2NO. The third-order valence-electron chi connectivity index (χ3n) is 3.70. The van der Waals surface area contributed by atoms with E-state index < -0.39 is 0 Å². The second-order valence-corrected chi connectivity index (χ2v) is 7.02. The number of hydrogen-bond donors (Lipinski definition) is 1. The van der Waals surface area contributed by atoms with Crippen molar-refractivity contribution in [2.45, 2.75) is 33.1 Å². The second kappa shape index (κ2) is 7.85. The van der Waals surface area contributed by atoms with Crippen LogP contribution >= 0.6 is 23.2 Å². The van der Waals surface area contributed by atoms with Gasteiger partial charge in [0, 0.05) is 5.02 Å². The van der Waals surface area contributed by atoms with Crippen molar-refractivity contribution in [1.82, 2.24) is 0 Å². The SMILES string of the molecule is CC(C)Cc1ccc(C(C)C(=O)Nc2cc(Cl)ccc2Cl)cc1. The van der Waals surface area contributed by atoms with Gasteiger partial charge in [0.25, 0.3) is 0 Å². The molecule has 23 heavy (non-hydrogen) atoms. The molecule has 4 heteroatoms. The summed E-state index contributed by atoms with van der Waals surface area (Å²) in [5.41, 5.74) is 2.80. The fourth-order valence-electron chi connectivity index (χ4n) is 2.40. The normalized spacial score (nSPS) is 12.3. The topological polar surface area (TPSA) is 29.1 Å². The standard InChI is InChI=1S/C19H21Cl2NO/c1-12(2)10-14-4-6-15(7-5-14)13(3)19(23)22-18-11-16(20)8-9-17(18)21/h4-9,11-13H,10H2,1-3H3,(H,22,23). The molecule has 122 valence electrons. The number of benzene rings is 2. The lowest BCUT2D eigenvalue weighted by Crippen LogP contribution is -2.19. The zero-order valence-corrected chi connectivity index (χ0v) is 15.1. The van der Waals surface area contributed by atoms with Gasteiger partial charge in [-0.25, -0.2) is 0 Å². The van der Waals surface area contributed by atoms with Gasteiger partial charge in [0.1, 0.15) is 0 Å². The molecule has 0 bridgehead atoms. The Bertz CT molecular complexity index is 680. The summed E-state index contributed by atoms with van der Waals surface area (Å²) in [6, 6.07) is 13.2. The van der Waals surface area contributed by atoms with Gasteiger partial charge in [-0.3, -0.25) is 4.79 Å². The minimum atomic E-state index is -0.266. The van der Waals surface area contributed by atoms with E-state index in [0.717, 1.165) is 12.0 Å². The van der Waals surface area contributed by atoms with Crippen molar-refractivity contribution in [1.29, 1.82) is 0 Å². The fourth-order valence-corrected chi connectivity index (χ4v) is 2.74. The minimum absolute atomic E-state index is 0.106. The van der Waals surface area contributed by atoms with Gasteiger partial charge in [-0.05, 0) is 48.6 Å². The molecular weight excluding hydrogens is 329 g/mol. The Morgan fingerprint density at radius 3 is 2.30 bits per heavy atom. The summed E-state index contributed by atoms with van der Waals surface area (Å²) in [7, 11) is 0. The van der Waals surface area contributed by atoms with Crippen LogP contribution in [0.1, 0.15) is 37.8 Å². The predicted molar refractivity (Wildman–Crippen MR) is 98.5 cm³/mol. The van der Waals surface area contributed by atoms with E-state index in [1.165, 1.54) is 5.56 Å². The van der Waals surface area contributed by atoms with Crippen molar-refractivity contribution >= 4 is 34.8 Å². The summed E-state index contributed by atoms with van der Waals surface area (Å²) >= 11 is 12.0. The Morgan fingerprint density at radius 2 is 1.70 bits per heavy atom. The van der Waals surface area contributed by atoms with E-state index >= 15 is 0 Å². The van der Waals surface area contributed by atoms with Crippen LogP contribution in [0, 0.1) is 5.92 Å². The van der Waals surface area contributed by atoms with Crippen LogP contribution < -0.4 is 5.32 Å². The predicted octanol–water partition coefficient (Wildman–Crippen LogP) is 5.93. The largest absolute Gasteiger partial charge is 0.324 e. The molecule has 2 rings (SSSR count). The number of carbonyl (C=O) groups is 1. The molecule has 0 radical (unpaired) electrons. The molecule has 2 nitrogen and oxygen atoms in total. The van der Waals surface area contributed by atoms with Gasteiger partial charge in [-0.2, -0.15) is 0 Å². The molecule has 1 N–H and O–H groups in total. The molecule has 0 aliphatic carbocycles. The molecule has 1 unspecified atom stereocenters. The Kier molecular flexibility index (Phi) is 6.09. The summed E-state index contributed by atoms with van der Waals surface area (Å²) in [5, 5.41) is 3.85. The minimum Gasteiger partial charge on any atom is -0.324 e. The maximum Gasteiger partial charge on any atom is 0.231 e. The summed E-state index contributed by atoms with van der Waals surface area (Å²) in [6.07, 6.45) is 1.04. The maximum absolute atomic E-state index is 12.4. The van der Waals surface area contributed by atoms with Crippen LogP contribution in [0.2, 0.25) is 10.0 Å². The van der Waals surface area contributed by atoms with E-state index in [0.29, 0.717) is 21.7 Å². The Labute approximate surface area is 147 Å². The van der Waals surface area contributed by atoms with E-state index in [9.17, 15) is 4.79 Å². The molecule has 0 aliphatic heterocycles. The third kappa shape index (κ3) is 4.98. The van der Waals surface area contributed by atoms with Crippen molar-refractivity contribution in [3.05, 3.63) is 63.6 Å². The van der Waals surface area contributed by atoms with Crippen molar-refractivity contribution in [3.8, 4) is 0 Å². The lowest BCUT2D eigenvalue weighted by Gasteiger charge is -2.14. The number of hydrogen-bond acceptors (Lipinski definition) is 1. The number of rotatable bonds is 5. The summed E-state index contributed by atoms with van der Waals surface area (Å²) in [4.78, 5) is 12.4. The van der Waals surface area contributed by atoms with Crippen LogP contribution in [0.3, 0.4) is 0 Å². The fraction of sp³-hybridized carbons (Fsp3) is 0.316. The van der Waals surface area contributed by atoms with E-state index in [2.05, 4.69) is 31.3 Å². The monoisotopic (exact) mass is 349 g/mol. The zero-order chi connectivity index (χ0) is 17.0. The smallest absolute Gasteiger partial charge is 0.231 e. The van der Waals surface area contributed by atoms with Crippen LogP contribution in [0.15, 0.2) is 42.5 Å². The Balaban J connectivity index is 2.08. The number of carbonyl (C=O) groups excluding carboxylic acids is 1. The molecule has 2 aromatic carbocycles. The highest BCUT2D eigenvalue weighted by molar-refractivity contribution is 6.35. The Morgan fingerprint density at radius 1 is 1.04 bits per heavy atom. The molecule has 0 saturated carbocycles. The first kappa shape index (κ1) is 17.8. The average molecular weight is 350 g/mol. The van der Waals surface area contributed by atoms with Crippen LogP contribution in [0.5, 0.6) is 0 Å². The Hall–Kier alpha value is -1.51. The first-order chi connectivity index (χ1) is 10.9. The molecule has 1 amide bonds. The van der Waals surface area contributed by atoms with Gasteiger partial charge < -0.3 is 5.32 Å². The highest BCUT2D eigenvalue weighted by atomic mass is 35.5. The lowest BCUT2D eigenvalue weighted by molar-refractivity contribution is -0.117. The summed E-state index contributed by atoms with van der Waals surface area (Å²) in [5.74, 6) is 0.246. The number of halogens is 2. The molecule has 0 heterocycles. The van der Waals surface area contributed by atoms with E-state index in [4.69, 9.17) is 23.2 Å². The lowest BCUT2D eigenvalue weighted by atomic mass is 9.96. The molecule has 1 atom stereocenters. The first-order valence-electron chi connectivity index (χ1n) is 7.71. The van der Waals surface area contributed by atoms with Crippen molar-refractivity contribution in [2.24, 2.45) is 5.92 Å². The van der Waals surface area contributed by atoms with Gasteiger partial charge in [-0.1, -0.05) is 61.3 Å². The molecule has 2 aromatic rings. The van der Waals surface area contributed by atoms with Crippen LogP contribution in [0.25, 0.3) is 0 Å². The molecule has 0 spiro atoms. The molecule has 0 fully saturated rings. The molecule has 0 aliphatic rings. The summed E-state index contributed by atoms with van der Waals surface area (Å²) < 4.78 is 0. The molecule has 0 aromatic heterocycles. The van der Waals surface area contributed by atoms with Gasteiger partial charge in [0.2, 0.25) is 5.91 Å². The summed E-state index contributed by atoms with van der Waals surface area (Å²) in [6.45, 7) is 6.27. The first-order valence-corrected chi connectivity index (χ1v) is 8.47. The van der Waals surface area contributed by atoms with Gasteiger partial charge in [0.15, 0.2) is 0 Å². The number of nitrogens with one attached hydrogen (secondary N) is 1. The number of anilines is 1. The van der Waals surface area contributed by atoms with Crippen LogP contribution in [-0.2, 0) is 11.2 Å². The zero-order valence-electron chi connectivity index (χ0n) is 13.6. The second-order valence-electron chi connectivity index (χ2n) is 6.17. The van der Waals surface area contributed by atoms with Crippen molar-refractivity contribution < 1.29 is 4.79 Å². The van der Waals surface area contributed by atoms with Gasteiger partial charge in [-0.15, -0.1) is 0 Å². The van der Waals surface area contributed by atoms with E-state index in [1.807, 2.05) is 19.1 Å². The molecule has 0 saturated heterocycles. The van der Waals surface area contributed by atoms with E-state index in [-0.39, 0.29) is 11.8 Å². The van der Waals surface area contributed by atoms with Crippen LogP contribution in [0.4, 0.5) is 5.69 Å². The highest BCUT2D eigenvalue weighted by Gasteiger charge is 2.16.